The molecule has 0 aromatic heterocycles. The Hall–Kier alpha value is -0.585. The SMILES string of the molecule is NC1(C(=O)O)CC2(CCCN2)CC1CCCBO. The molecule has 1 saturated carbocycles. The molecule has 2 rings (SSSR count). The standard InChI is InChI=1S/C12H23BN2O3/c14-12(10(16)17)8-11(4-2-6-15-11)7-9(12)3-1-5-13-18/h9,13,15,18H,1-8,14H2,(H,16,17). The number of hydrogen-bond acceptors (Lipinski definition) is 4. The number of nitrogens with two attached hydrogens (primary N) is 1. The molecule has 0 aromatic carbocycles. The van der Waals surface area contributed by atoms with Crippen molar-refractivity contribution < 1.29 is 14.9 Å². The van der Waals surface area contributed by atoms with E-state index in [1.165, 1.54) is 0 Å². The predicted molar refractivity (Wildman–Crippen MR) is 70.7 cm³/mol. The Morgan fingerprint density at radius 1 is 1.56 bits per heavy atom. The van der Waals surface area contributed by atoms with Crippen molar-refractivity contribution in [1.29, 1.82) is 0 Å². The lowest BCUT2D eigenvalue weighted by atomic mass is 9.82. The summed E-state index contributed by atoms with van der Waals surface area (Å²) in [7, 11) is 0.167. The Balaban J connectivity index is 2.07. The molecule has 5 nitrogen and oxygen atoms in total. The Morgan fingerprint density at radius 3 is 2.89 bits per heavy atom. The third kappa shape index (κ3) is 2.42. The molecule has 1 heterocycles. The van der Waals surface area contributed by atoms with E-state index in [9.17, 15) is 9.90 Å². The van der Waals surface area contributed by atoms with E-state index in [0.29, 0.717) is 6.42 Å². The van der Waals surface area contributed by atoms with Gasteiger partial charge in [0.1, 0.15) is 5.54 Å². The van der Waals surface area contributed by atoms with E-state index in [2.05, 4.69) is 5.32 Å². The fourth-order valence-electron chi connectivity index (χ4n) is 3.74. The zero-order chi connectivity index (χ0) is 13.2. The number of carboxylic acid groups (broad SMARTS) is 1. The lowest BCUT2D eigenvalue weighted by Gasteiger charge is -2.27. The number of hydrogen-bond donors (Lipinski definition) is 4. The molecule has 1 aliphatic heterocycles. The fraction of sp³-hybridized carbons (Fsp3) is 0.917. The maximum Gasteiger partial charge on any atom is 0.324 e. The molecule has 6 heteroatoms. The van der Waals surface area contributed by atoms with Crippen LogP contribution in [0.1, 0.15) is 38.5 Å². The van der Waals surface area contributed by atoms with Crippen molar-refractivity contribution in [2.75, 3.05) is 6.54 Å². The molecule has 2 fully saturated rings. The van der Waals surface area contributed by atoms with Crippen molar-refractivity contribution in [3.8, 4) is 0 Å². The normalized spacial score (nSPS) is 39.3. The quantitative estimate of drug-likeness (QED) is 0.404. The molecule has 0 aromatic rings. The summed E-state index contributed by atoms with van der Waals surface area (Å²) in [5, 5.41) is 21.7. The van der Waals surface area contributed by atoms with Crippen molar-refractivity contribution in [2.24, 2.45) is 11.7 Å². The summed E-state index contributed by atoms with van der Waals surface area (Å²) in [6.07, 6.45) is 5.93. The average Bonchev–Trinajstić information content (AvgIpc) is 2.87. The summed E-state index contributed by atoms with van der Waals surface area (Å²) in [6.45, 7) is 0.971. The number of carboxylic acids is 1. The molecule has 1 aliphatic carbocycles. The maximum atomic E-state index is 11.5. The van der Waals surface area contributed by atoms with Gasteiger partial charge in [0.25, 0.3) is 7.48 Å². The number of rotatable bonds is 5. The van der Waals surface area contributed by atoms with E-state index in [4.69, 9.17) is 10.8 Å². The van der Waals surface area contributed by atoms with Gasteiger partial charge in [-0.25, -0.2) is 0 Å². The Labute approximate surface area is 108 Å². The van der Waals surface area contributed by atoms with E-state index >= 15 is 0 Å². The van der Waals surface area contributed by atoms with Crippen LogP contribution >= 0.6 is 0 Å². The highest BCUT2D eigenvalue weighted by atomic mass is 16.4. The van der Waals surface area contributed by atoms with Crippen molar-refractivity contribution in [3.63, 3.8) is 0 Å². The minimum absolute atomic E-state index is 0.0205. The zero-order valence-electron chi connectivity index (χ0n) is 10.8. The van der Waals surface area contributed by atoms with Crippen LogP contribution in [0.5, 0.6) is 0 Å². The summed E-state index contributed by atoms with van der Waals surface area (Å²) in [4.78, 5) is 11.5. The van der Waals surface area contributed by atoms with Gasteiger partial charge in [-0.1, -0.05) is 12.7 Å². The molecule has 102 valence electrons. The summed E-state index contributed by atoms with van der Waals surface area (Å²) in [5.41, 5.74) is 5.05. The second-order valence-corrected chi connectivity index (χ2v) is 5.95. The van der Waals surface area contributed by atoms with Gasteiger partial charge in [-0.05, 0) is 44.6 Å². The van der Waals surface area contributed by atoms with Crippen LogP contribution in [-0.4, -0.2) is 41.2 Å². The van der Waals surface area contributed by atoms with E-state index < -0.39 is 11.5 Å². The molecule has 0 bridgehead atoms. The van der Waals surface area contributed by atoms with Crippen molar-refractivity contribution in [2.45, 2.75) is 55.9 Å². The first-order valence-electron chi connectivity index (χ1n) is 6.91. The van der Waals surface area contributed by atoms with Crippen LogP contribution in [0.2, 0.25) is 6.32 Å². The molecule has 5 N–H and O–H groups in total. The van der Waals surface area contributed by atoms with Crippen LogP contribution in [0, 0.1) is 5.92 Å². The molecular formula is C12H23BN2O3. The largest absolute Gasteiger partial charge is 0.480 e. The highest BCUT2D eigenvalue weighted by molar-refractivity contribution is 6.25. The minimum atomic E-state index is -1.09. The highest BCUT2D eigenvalue weighted by Crippen LogP contribution is 2.47. The van der Waals surface area contributed by atoms with Gasteiger partial charge in [0.2, 0.25) is 0 Å². The first kappa shape index (κ1) is 13.8. The highest BCUT2D eigenvalue weighted by Gasteiger charge is 2.56. The summed E-state index contributed by atoms with van der Waals surface area (Å²) < 4.78 is 0. The van der Waals surface area contributed by atoms with Gasteiger partial charge >= 0.3 is 5.97 Å². The molecule has 1 spiro atoms. The van der Waals surface area contributed by atoms with Crippen LogP contribution in [0.25, 0.3) is 0 Å². The first-order valence-corrected chi connectivity index (χ1v) is 6.91. The lowest BCUT2D eigenvalue weighted by molar-refractivity contribution is -0.145. The minimum Gasteiger partial charge on any atom is -0.480 e. The summed E-state index contributed by atoms with van der Waals surface area (Å²) in [6, 6.07) is 0. The van der Waals surface area contributed by atoms with E-state index in [1.807, 2.05) is 0 Å². The first-order chi connectivity index (χ1) is 8.52. The second kappa shape index (κ2) is 5.19. The fourth-order valence-corrected chi connectivity index (χ4v) is 3.74. The molecule has 18 heavy (non-hydrogen) atoms. The van der Waals surface area contributed by atoms with Crippen molar-refractivity contribution >= 4 is 13.5 Å². The van der Waals surface area contributed by atoms with Gasteiger partial charge in [0, 0.05) is 5.54 Å². The Kier molecular flexibility index (Phi) is 3.99. The van der Waals surface area contributed by atoms with Crippen LogP contribution in [0.3, 0.4) is 0 Å². The van der Waals surface area contributed by atoms with Crippen LogP contribution < -0.4 is 11.1 Å². The molecule has 3 atom stereocenters. The van der Waals surface area contributed by atoms with Crippen LogP contribution in [0.15, 0.2) is 0 Å². The molecule has 1 saturated heterocycles. The summed E-state index contributed by atoms with van der Waals surface area (Å²) >= 11 is 0. The maximum absolute atomic E-state index is 11.5. The summed E-state index contributed by atoms with van der Waals surface area (Å²) in [5.74, 6) is -0.853. The Bertz CT molecular complexity index is 320. The second-order valence-electron chi connectivity index (χ2n) is 5.95. The average molecular weight is 254 g/mol. The van der Waals surface area contributed by atoms with Gasteiger partial charge in [-0.3, -0.25) is 4.79 Å². The van der Waals surface area contributed by atoms with E-state index in [1.54, 1.807) is 0 Å². The Morgan fingerprint density at radius 2 is 2.33 bits per heavy atom. The van der Waals surface area contributed by atoms with Gasteiger partial charge in [-0.15, -0.1) is 0 Å². The van der Waals surface area contributed by atoms with Gasteiger partial charge < -0.3 is 21.2 Å². The lowest BCUT2D eigenvalue weighted by Crippen LogP contribution is -2.52. The van der Waals surface area contributed by atoms with Gasteiger partial charge in [-0.2, -0.15) is 0 Å². The molecule has 2 aliphatic rings. The van der Waals surface area contributed by atoms with Gasteiger partial charge in [0.15, 0.2) is 0 Å². The third-order valence-electron chi connectivity index (χ3n) is 4.69. The molecular weight excluding hydrogens is 231 g/mol. The smallest absolute Gasteiger partial charge is 0.324 e. The zero-order valence-corrected chi connectivity index (χ0v) is 10.8. The van der Waals surface area contributed by atoms with Gasteiger partial charge in [0.05, 0.1) is 0 Å². The number of nitrogens with one attached hydrogen (secondary N) is 1. The molecule has 0 amide bonds. The van der Waals surface area contributed by atoms with E-state index in [0.717, 1.165) is 45.0 Å². The molecule has 3 unspecified atom stereocenters. The van der Waals surface area contributed by atoms with Crippen molar-refractivity contribution in [1.82, 2.24) is 5.32 Å². The number of carbonyl (C=O) groups is 1. The van der Waals surface area contributed by atoms with E-state index in [-0.39, 0.29) is 18.9 Å². The van der Waals surface area contributed by atoms with Crippen LogP contribution in [0.4, 0.5) is 0 Å². The topological polar surface area (TPSA) is 95.6 Å². The molecule has 0 radical (unpaired) electrons. The van der Waals surface area contributed by atoms with Crippen molar-refractivity contribution in [3.05, 3.63) is 0 Å². The predicted octanol–water partition coefficient (Wildman–Crippen LogP) is -0.157. The number of aliphatic carboxylic acids is 1. The monoisotopic (exact) mass is 254 g/mol. The van der Waals surface area contributed by atoms with Crippen LogP contribution in [-0.2, 0) is 4.79 Å². The third-order valence-corrected chi connectivity index (χ3v) is 4.69.